The molecule has 3 aromatic carbocycles. The standard InChI is InChI=1S/C45H52ClN2O3/c1-6-47-38-23-12-10-21-36(38)44(2,3)40(47)28-26-33-17-16-18-34(43(33)46)27-29-41-45(4,5)37-22-11-13-24-39(37)48(41)30-32-50-31-15-14-25-42(49)51-35-19-8-7-9-20-35/h7-13,19-24,26-28,34H,6,14-18,25,30-32H2,1-5H3/q+1/b28-26+. The van der Waals surface area contributed by atoms with Gasteiger partial charge in [-0.3, -0.25) is 4.79 Å². The van der Waals surface area contributed by atoms with Crippen molar-refractivity contribution in [2.24, 2.45) is 5.92 Å². The van der Waals surface area contributed by atoms with Gasteiger partial charge in [0.2, 0.25) is 5.69 Å². The normalized spacial score (nSPS) is 19.0. The highest BCUT2D eigenvalue weighted by Crippen LogP contribution is 2.47. The summed E-state index contributed by atoms with van der Waals surface area (Å²) in [6.45, 7) is 14.3. The van der Waals surface area contributed by atoms with Crippen molar-refractivity contribution in [2.45, 2.75) is 84.0 Å². The highest BCUT2D eigenvalue weighted by Gasteiger charge is 2.43. The van der Waals surface area contributed by atoms with E-state index in [1.807, 2.05) is 18.2 Å². The fraction of sp³-hybridized carbons (Fsp3) is 0.400. The molecule has 1 unspecified atom stereocenters. The molecule has 266 valence electrons. The summed E-state index contributed by atoms with van der Waals surface area (Å²) in [4.78, 5) is 14.5. The predicted octanol–water partition coefficient (Wildman–Crippen LogP) is 10.6. The van der Waals surface area contributed by atoms with Gasteiger partial charge in [-0.2, -0.15) is 4.58 Å². The van der Waals surface area contributed by atoms with E-state index in [0.29, 0.717) is 25.4 Å². The monoisotopic (exact) mass is 703 g/mol. The van der Waals surface area contributed by atoms with E-state index in [0.717, 1.165) is 55.9 Å². The van der Waals surface area contributed by atoms with E-state index in [2.05, 4.69) is 117 Å². The van der Waals surface area contributed by atoms with E-state index in [4.69, 9.17) is 21.1 Å². The molecule has 6 heteroatoms. The third kappa shape index (κ3) is 7.87. The van der Waals surface area contributed by atoms with Crippen molar-refractivity contribution < 1.29 is 18.8 Å². The molecule has 0 saturated carbocycles. The number of halogens is 1. The Balaban J connectivity index is 1.13. The maximum absolute atomic E-state index is 12.2. The number of carbonyl (C=O) groups is 1. The first kappa shape index (κ1) is 36.6. The number of unbranched alkanes of at least 4 members (excludes halogenated alkanes) is 1. The van der Waals surface area contributed by atoms with Crippen molar-refractivity contribution in [2.75, 3.05) is 31.2 Å². The number of carbonyl (C=O) groups excluding carboxylic acids is 1. The molecule has 3 aromatic rings. The summed E-state index contributed by atoms with van der Waals surface area (Å²) in [5.41, 5.74) is 12.4. The van der Waals surface area contributed by atoms with Crippen LogP contribution in [0.25, 0.3) is 0 Å². The molecule has 1 aliphatic carbocycles. The van der Waals surface area contributed by atoms with Crippen molar-refractivity contribution >= 4 is 34.7 Å². The lowest BCUT2D eigenvalue weighted by Crippen LogP contribution is -2.29. The van der Waals surface area contributed by atoms with Crippen LogP contribution in [0.2, 0.25) is 0 Å². The molecule has 51 heavy (non-hydrogen) atoms. The Morgan fingerprint density at radius 1 is 0.922 bits per heavy atom. The van der Waals surface area contributed by atoms with Gasteiger partial charge in [0.25, 0.3) is 0 Å². The summed E-state index contributed by atoms with van der Waals surface area (Å²) in [5.74, 6) is 0.502. The van der Waals surface area contributed by atoms with Crippen LogP contribution < -0.4 is 9.64 Å². The van der Waals surface area contributed by atoms with Gasteiger partial charge in [-0.15, -0.1) is 5.73 Å². The van der Waals surface area contributed by atoms with Crippen LogP contribution in [0.3, 0.4) is 0 Å². The molecule has 0 aromatic heterocycles. The maximum atomic E-state index is 12.2. The van der Waals surface area contributed by atoms with E-state index in [9.17, 15) is 4.79 Å². The zero-order valence-corrected chi connectivity index (χ0v) is 31.6. The second kappa shape index (κ2) is 16.0. The number of rotatable bonds is 13. The molecule has 1 atom stereocenters. The van der Waals surface area contributed by atoms with Gasteiger partial charge in [0, 0.05) is 59.3 Å². The Morgan fingerprint density at radius 2 is 1.65 bits per heavy atom. The number of fused-ring (bicyclic) bond motifs is 2. The van der Waals surface area contributed by atoms with Crippen LogP contribution in [-0.4, -0.2) is 42.6 Å². The van der Waals surface area contributed by atoms with Gasteiger partial charge in [-0.05, 0) is 102 Å². The first-order chi connectivity index (χ1) is 24.6. The van der Waals surface area contributed by atoms with Gasteiger partial charge >= 0.3 is 5.97 Å². The number of esters is 1. The summed E-state index contributed by atoms with van der Waals surface area (Å²) in [6.07, 6.45) is 11.8. The molecule has 0 amide bonds. The van der Waals surface area contributed by atoms with Crippen molar-refractivity contribution in [3.05, 3.63) is 130 Å². The van der Waals surface area contributed by atoms with Crippen LogP contribution in [0.4, 0.5) is 11.4 Å². The molecule has 0 spiro atoms. The molecule has 0 fully saturated rings. The Hall–Kier alpha value is -4.15. The number of anilines is 1. The highest BCUT2D eigenvalue weighted by atomic mass is 35.5. The molecule has 6 rings (SSSR count). The number of allylic oxidation sites excluding steroid dienone is 5. The first-order valence-corrected chi connectivity index (χ1v) is 19.0. The SMILES string of the molecule is CC[N+]1=C(/C=C/C2=C(Cl)C(C=C=C3N(CCOCCCCC(=O)Oc4ccccc4)c4ccccc4C3(C)C)CCC2)C(C)(C)c2ccccc21. The van der Waals surface area contributed by atoms with Crippen molar-refractivity contribution in [3.8, 4) is 5.75 Å². The van der Waals surface area contributed by atoms with E-state index in [1.54, 1.807) is 12.1 Å². The molecule has 3 aliphatic rings. The van der Waals surface area contributed by atoms with E-state index < -0.39 is 0 Å². The molecule has 5 nitrogen and oxygen atoms in total. The molecule has 2 aliphatic heterocycles. The second-order valence-electron chi connectivity index (χ2n) is 14.8. The zero-order chi connectivity index (χ0) is 36.0. The zero-order valence-electron chi connectivity index (χ0n) is 30.9. The lowest BCUT2D eigenvalue weighted by atomic mass is 9.81. The first-order valence-electron chi connectivity index (χ1n) is 18.6. The summed E-state index contributed by atoms with van der Waals surface area (Å²) >= 11 is 7.21. The molecule has 0 saturated heterocycles. The van der Waals surface area contributed by atoms with Gasteiger partial charge in [-0.25, -0.2) is 0 Å². The largest absolute Gasteiger partial charge is 0.427 e. The fourth-order valence-corrected chi connectivity index (χ4v) is 8.20. The van der Waals surface area contributed by atoms with Crippen LogP contribution >= 0.6 is 11.6 Å². The van der Waals surface area contributed by atoms with Crippen LogP contribution in [0, 0.1) is 5.92 Å². The number of ether oxygens (including phenoxy) is 2. The summed E-state index contributed by atoms with van der Waals surface area (Å²) < 4.78 is 13.9. The number of para-hydroxylation sites is 3. The summed E-state index contributed by atoms with van der Waals surface area (Å²) in [6, 6.07) is 26.6. The summed E-state index contributed by atoms with van der Waals surface area (Å²) in [7, 11) is 0. The molecule has 0 N–H and O–H groups in total. The second-order valence-corrected chi connectivity index (χ2v) is 15.2. The van der Waals surface area contributed by atoms with Crippen molar-refractivity contribution in [3.63, 3.8) is 0 Å². The van der Waals surface area contributed by atoms with E-state index in [1.165, 1.54) is 33.8 Å². The van der Waals surface area contributed by atoms with Crippen LogP contribution in [-0.2, 0) is 20.4 Å². The maximum Gasteiger partial charge on any atom is 0.311 e. The Kier molecular flexibility index (Phi) is 11.5. The number of hydrogen-bond acceptors (Lipinski definition) is 4. The highest BCUT2D eigenvalue weighted by molar-refractivity contribution is 6.30. The number of nitrogens with zero attached hydrogens (tertiary/aromatic N) is 2. The lowest BCUT2D eigenvalue weighted by molar-refractivity contribution is -0.433. The van der Waals surface area contributed by atoms with E-state index in [-0.39, 0.29) is 22.7 Å². The van der Waals surface area contributed by atoms with Crippen LogP contribution in [0.15, 0.2) is 119 Å². The van der Waals surface area contributed by atoms with Crippen LogP contribution in [0.5, 0.6) is 5.75 Å². The molecule has 0 bridgehead atoms. The minimum atomic E-state index is -0.208. The molecule has 0 radical (unpaired) electrons. The Morgan fingerprint density at radius 3 is 2.43 bits per heavy atom. The molecular weight excluding hydrogens is 652 g/mol. The topological polar surface area (TPSA) is 41.8 Å². The Labute approximate surface area is 309 Å². The number of benzene rings is 3. The van der Waals surface area contributed by atoms with Gasteiger partial charge in [0.15, 0.2) is 5.71 Å². The minimum absolute atomic E-state index is 0.0682. The molecule has 2 heterocycles. The van der Waals surface area contributed by atoms with Gasteiger partial charge in [0.05, 0.1) is 17.7 Å². The minimum Gasteiger partial charge on any atom is -0.427 e. The average Bonchev–Trinajstić information content (AvgIpc) is 3.48. The fourth-order valence-electron chi connectivity index (χ4n) is 7.87. The third-order valence-corrected chi connectivity index (χ3v) is 11.2. The quantitative estimate of drug-likeness (QED) is 0.0584. The lowest BCUT2D eigenvalue weighted by Gasteiger charge is -2.26. The average molecular weight is 704 g/mol. The third-order valence-electron chi connectivity index (χ3n) is 10.7. The van der Waals surface area contributed by atoms with E-state index >= 15 is 0 Å². The van der Waals surface area contributed by atoms with Crippen molar-refractivity contribution in [1.82, 2.24) is 0 Å². The summed E-state index contributed by atoms with van der Waals surface area (Å²) in [5, 5.41) is 0.929. The van der Waals surface area contributed by atoms with Gasteiger partial charge < -0.3 is 14.4 Å². The Bertz CT molecular complexity index is 1890. The number of hydrogen-bond donors (Lipinski definition) is 0. The van der Waals surface area contributed by atoms with Gasteiger partial charge in [-0.1, -0.05) is 72.3 Å². The van der Waals surface area contributed by atoms with Crippen LogP contribution in [0.1, 0.15) is 84.3 Å². The van der Waals surface area contributed by atoms with Gasteiger partial charge in [0.1, 0.15) is 12.3 Å². The predicted molar refractivity (Wildman–Crippen MR) is 209 cm³/mol. The van der Waals surface area contributed by atoms with Crippen molar-refractivity contribution in [1.29, 1.82) is 0 Å². The smallest absolute Gasteiger partial charge is 0.311 e. The molecular formula is C45H52ClN2O3+.